The van der Waals surface area contributed by atoms with Crippen LogP contribution in [0.2, 0.25) is 0 Å². The molecule has 3 rings (SSSR count). The molecule has 0 N–H and O–H groups in total. The molecule has 0 aliphatic carbocycles. The number of rotatable bonds is 2. The summed E-state index contributed by atoms with van der Waals surface area (Å²) in [6, 6.07) is 13.5. The van der Waals surface area contributed by atoms with Gasteiger partial charge in [0.15, 0.2) is 0 Å². The van der Waals surface area contributed by atoms with E-state index in [9.17, 15) is 4.79 Å². The molecule has 1 unspecified atom stereocenters. The highest BCUT2D eigenvalue weighted by molar-refractivity contribution is 5.95. The van der Waals surface area contributed by atoms with E-state index in [1.54, 1.807) is 6.07 Å². The molecule has 0 radical (unpaired) electrons. The van der Waals surface area contributed by atoms with Gasteiger partial charge in [0.25, 0.3) is 0 Å². The van der Waals surface area contributed by atoms with Gasteiger partial charge < -0.3 is 9.47 Å². The Morgan fingerprint density at radius 2 is 2.00 bits per heavy atom. The van der Waals surface area contributed by atoms with Gasteiger partial charge in [-0.2, -0.15) is 0 Å². The van der Waals surface area contributed by atoms with Crippen molar-refractivity contribution in [2.75, 3.05) is 6.61 Å². The van der Waals surface area contributed by atoms with E-state index < -0.39 is 0 Å². The number of benzene rings is 2. The standard InChI is InChI=1S/C15H14O3/c16-15(18-14-6-3-9-17-14)13-8-7-11-4-1-2-5-12(11)10-13/h1-2,4-5,7-8,10,14H,3,6,9H2. The van der Waals surface area contributed by atoms with Gasteiger partial charge >= 0.3 is 5.97 Å². The lowest BCUT2D eigenvalue weighted by Crippen LogP contribution is -2.16. The largest absolute Gasteiger partial charge is 0.432 e. The quantitative estimate of drug-likeness (QED) is 0.759. The summed E-state index contributed by atoms with van der Waals surface area (Å²) >= 11 is 0. The van der Waals surface area contributed by atoms with Crippen LogP contribution < -0.4 is 0 Å². The van der Waals surface area contributed by atoms with Crippen molar-refractivity contribution in [2.45, 2.75) is 19.1 Å². The predicted octanol–water partition coefficient (Wildman–Crippen LogP) is 3.13. The Morgan fingerprint density at radius 3 is 2.78 bits per heavy atom. The maximum Gasteiger partial charge on any atom is 0.340 e. The van der Waals surface area contributed by atoms with Crippen LogP contribution in [-0.4, -0.2) is 18.9 Å². The van der Waals surface area contributed by atoms with Crippen molar-refractivity contribution in [1.82, 2.24) is 0 Å². The van der Waals surface area contributed by atoms with Crippen molar-refractivity contribution >= 4 is 16.7 Å². The molecule has 1 heterocycles. The molecule has 1 aliphatic heterocycles. The molecule has 0 amide bonds. The highest BCUT2D eigenvalue weighted by atomic mass is 16.7. The van der Waals surface area contributed by atoms with E-state index >= 15 is 0 Å². The van der Waals surface area contributed by atoms with Gasteiger partial charge in [-0.1, -0.05) is 30.3 Å². The van der Waals surface area contributed by atoms with E-state index in [1.807, 2.05) is 36.4 Å². The Hall–Kier alpha value is -1.87. The van der Waals surface area contributed by atoms with Gasteiger partial charge in [-0.25, -0.2) is 4.79 Å². The van der Waals surface area contributed by atoms with Gasteiger partial charge in [-0.3, -0.25) is 0 Å². The zero-order valence-electron chi connectivity index (χ0n) is 9.96. The summed E-state index contributed by atoms with van der Waals surface area (Å²) in [5, 5.41) is 2.16. The summed E-state index contributed by atoms with van der Waals surface area (Å²) in [7, 11) is 0. The number of fused-ring (bicyclic) bond motifs is 1. The van der Waals surface area contributed by atoms with E-state index in [1.165, 1.54) is 0 Å². The molecular formula is C15H14O3. The Morgan fingerprint density at radius 1 is 1.17 bits per heavy atom. The van der Waals surface area contributed by atoms with Crippen molar-refractivity contribution in [3.8, 4) is 0 Å². The third-order valence-corrected chi connectivity index (χ3v) is 3.11. The third kappa shape index (κ3) is 2.22. The second kappa shape index (κ2) is 4.78. The summed E-state index contributed by atoms with van der Waals surface area (Å²) in [6.07, 6.45) is 1.37. The average Bonchev–Trinajstić information content (AvgIpc) is 2.91. The van der Waals surface area contributed by atoms with Crippen LogP contribution >= 0.6 is 0 Å². The van der Waals surface area contributed by atoms with E-state index in [4.69, 9.17) is 9.47 Å². The third-order valence-electron chi connectivity index (χ3n) is 3.11. The van der Waals surface area contributed by atoms with Gasteiger partial charge in [0.2, 0.25) is 6.29 Å². The van der Waals surface area contributed by atoms with Crippen LogP contribution in [0.4, 0.5) is 0 Å². The minimum Gasteiger partial charge on any atom is -0.432 e. The van der Waals surface area contributed by atoms with Crippen molar-refractivity contribution in [3.05, 3.63) is 48.0 Å². The first-order valence-corrected chi connectivity index (χ1v) is 6.14. The van der Waals surface area contributed by atoms with Crippen molar-refractivity contribution in [1.29, 1.82) is 0 Å². The lowest BCUT2D eigenvalue weighted by atomic mass is 10.1. The van der Waals surface area contributed by atoms with Crippen LogP contribution in [0.15, 0.2) is 42.5 Å². The average molecular weight is 242 g/mol. The van der Waals surface area contributed by atoms with E-state index in [-0.39, 0.29) is 12.3 Å². The Bertz CT molecular complexity index is 571. The predicted molar refractivity (Wildman–Crippen MR) is 68.3 cm³/mol. The number of esters is 1. The lowest BCUT2D eigenvalue weighted by Gasteiger charge is -2.11. The summed E-state index contributed by atoms with van der Waals surface area (Å²) in [6.45, 7) is 0.676. The molecule has 2 aromatic rings. The van der Waals surface area contributed by atoms with E-state index in [0.29, 0.717) is 12.2 Å². The fourth-order valence-corrected chi connectivity index (χ4v) is 2.14. The molecule has 3 heteroatoms. The Labute approximate surface area is 105 Å². The van der Waals surface area contributed by atoms with Gasteiger partial charge in [0.1, 0.15) is 0 Å². The maximum atomic E-state index is 11.9. The summed E-state index contributed by atoms with van der Waals surface area (Å²) < 4.78 is 10.6. The van der Waals surface area contributed by atoms with E-state index in [2.05, 4.69) is 0 Å². The number of hydrogen-bond donors (Lipinski definition) is 0. The minimum atomic E-state index is -0.371. The first-order valence-electron chi connectivity index (χ1n) is 6.14. The molecule has 92 valence electrons. The number of ether oxygens (including phenoxy) is 2. The van der Waals surface area contributed by atoms with Crippen LogP contribution in [-0.2, 0) is 9.47 Å². The zero-order chi connectivity index (χ0) is 12.4. The van der Waals surface area contributed by atoms with Crippen molar-refractivity contribution in [2.24, 2.45) is 0 Å². The van der Waals surface area contributed by atoms with E-state index in [0.717, 1.165) is 23.6 Å². The number of carbonyl (C=O) groups excluding carboxylic acids is 1. The monoisotopic (exact) mass is 242 g/mol. The summed E-state index contributed by atoms with van der Waals surface area (Å²) in [5.41, 5.74) is 0.573. The normalized spacial score (nSPS) is 19.0. The number of carbonyl (C=O) groups is 1. The van der Waals surface area contributed by atoms with Crippen LogP contribution in [0.5, 0.6) is 0 Å². The first kappa shape index (κ1) is 11.2. The molecular weight excluding hydrogens is 228 g/mol. The second-order valence-corrected chi connectivity index (χ2v) is 4.41. The first-order chi connectivity index (χ1) is 8.83. The van der Waals surface area contributed by atoms with Crippen molar-refractivity contribution in [3.63, 3.8) is 0 Å². The molecule has 0 aromatic heterocycles. The zero-order valence-corrected chi connectivity index (χ0v) is 9.96. The molecule has 0 bridgehead atoms. The Kier molecular flexibility index (Phi) is 2.99. The maximum absolute atomic E-state index is 11.9. The molecule has 1 atom stereocenters. The van der Waals surface area contributed by atoms with Crippen LogP contribution in [0.3, 0.4) is 0 Å². The van der Waals surface area contributed by atoms with Gasteiger partial charge in [-0.15, -0.1) is 0 Å². The minimum absolute atomic E-state index is 0.312. The lowest BCUT2D eigenvalue weighted by molar-refractivity contribution is -0.0775. The summed E-state index contributed by atoms with van der Waals surface area (Å²) in [4.78, 5) is 11.9. The molecule has 1 fully saturated rings. The van der Waals surface area contributed by atoms with Gasteiger partial charge in [0, 0.05) is 6.42 Å². The fraction of sp³-hybridized carbons (Fsp3) is 0.267. The molecule has 3 nitrogen and oxygen atoms in total. The number of hydrogen-bond acceptors (Lipinski definition) is 3. The fourth-order valence-electron chi connectivity index (χ4n) is 2.14. The van der Waals surface area contributed by atoms with Gasteiger partial charge in [0.05, 0.1) is 12.2 Å². The highest BCUT2D eigenvalue weighted by Crippen LogP contribution is 2.19. The second-order valence-electron chi connectivity index (χ2n) is 4.41. The molecule has 2 aromatic carbocycles. The Balaban J connectivity index is 1.82. The molecule has 0 saturated carbocycles. The van der Waals surface area contributed by atoms with Crippen molar-refractivity contribution < 1.29 is 14.3 Å². The van der Waals surface area contributed by atoms with Gasteiger partial charge in [-0.05, 0) is 29.3 Å². The van der Waals surface area contributed by atoms with Crippen LogP contribution in [0, 0.1) is 0 Å². The SMILES string of the molecule is O=C(OC1CCCO1)c1ccc2ccccc2c1. The topological polar surface area (TPSA) is 35.5 Å². The molecule has 18 heavy (non-hydrogen) atoms. The highest BCUT2D eigenvalue weighted by Gasteiger charge is 2.20. The van der Waals surface area contributed by atoms with Crippen LogP contribution in [0.25, 0.3) is 10.8 Å². The molecule has 1 aliphatic rings. The van der Waals surface area contributed by atoms with Crippen LogP contribution in [0.1, 0.15) is 23.2 Å². The smallest absolute Gasteiger partial charge is 0.340 e. The summed E-state index contributed by atoms with van der Waals surface area (Å²) in [5.74, 6) is -0.312. The molecule has 0 spiro atoms. The molecule has 1 saturated heterocycles.